The summed E-state index contributed by atoms with van der Waals surface area (Å²) in [7, 11) is 2.25. The van der Waals surface area contributed by atoms with E-state index in [2.05, 4.69) is 25.8 Å². The van der Waals surface area contributed by atoms with Crippen LogP contribution in [0.25, 0.3) is 0 Å². The molecule has 0 N–H and O–H groups in total. The molecule has 2 rings (SSSR count). The normalized spacial score (nSPS) is 42.3. The summed E-state index contributed by atoms with van der Waals surface area (Å²) in [6, 6.07) is 0. The Hall–Kier alpha value is -0.0400. The van der Waals surface area contributed by atoms with Gasteiger partial charge in [-0.25, -0.2) is 0 Å². The molecule has 0 bridgehead atoms. The summed E-state index contributed by atoms with van der Waals surface area (Å²) in [6.07, 6.45) is 4.33. The average Bonchev–Trinajstić information content (AvgIpc) is 2.01. The number of hydrogen-bond donors (Lipinski definition) is 0. The van der Waals surface area contributed by atoms with Crippen LogP contribution in [0.15, 0.2) is 0 Å². The fraction of sp³-hybridized carbons (Fsp3) is 1.00. The first-order chi connectivity index (χ1) is 4.11. The van der Waals surface area contributed by atoms with Crippen LogP contribution >= 0.6 is 0 Å². The number of likely N-dealkylation sites (N-methyl/N-ethyl adjacent to an activating group) is 1. The molecule has 0 aromatic rings. The van der Waals surface area contributed by atoms with Crippen molar-refractivity contribution < 1.29 is 0 Å². The highest BCUT2D eigenvalue weighted by Crippen LogP contribution is 2.61. The maximum atomic E-state index is 2.52. The van der Waals surface area contributed by atoms with Crippen LogP contribution in [0.2, 0.25) is 0 Å². The first-order valence-corrected chi connectivity index (χ1v) is 3.85. The minimum absolute atomic E-state index is 0.533. The van der Waals surface area contributed by atoms with Crippen LogP contribution in [0.3, 0.4) is 0 Å². The maximum absolute atomic E-state index is 2.52. The quantitative estimate of drug-likeness (QED) is 0.445. The molecule has 52 valence electrons. The van der Waals surface area contributed by atoms with Crippen molar-refractivity contribution in [1.82, 2.24) is 4.90 Å². The van der Waals surface area contributed by atoms with E-state index >= 15 is 0 Å². The third kappa shape index (κ3) is 0.389. The van der Waals surface area contributed by atoms with Gasteiger partial charge in [-0.15, -0.1) is 0 Å². The molecular weight excluding hydrogens is 110 g/mol. The molecule has 1 aliphatic carbocycles. The number of hydrogen-bond acceptors (Lipinski definition) is 1. The van der Waals surface area contributed by atoms with Crippen molar-refractivity contribution in [1.29, 1.82) is 0 Å². The Labute approximate surface area is 57.0 Å². The lowest BCUT2D eigenvalue weighted by atomic mass is 9.77. The van der Waals surface area contributed by atoms with E-state index in [1.165, 1.54) is 19.3 Å². The number of rotatable bonds is 0. The van der Waals surface area contributed by atoms with Crippen molar-refractivity contribution in [3.05, 3.63) is 0 Å². The largest absolute Gasteiger partial charge is 0.292 e. The molecule has 0 radical (unpaired) electrons. The molecule has 1 nitrogen and oxygen atoms in total. The highest BCUT2D eigenvalue weighted by molar-refractivity contribution is 5.26. The van der Waals surface area contributed by atoms with Crippen LogP contribution in [0.4, 0.5) is 0 Å². The second-order valence-corrected chi connectivity index (χ2v) is 4.00. The number of nitrogens with zero attached hydrogens (tertiary/aromatic N) is 1. The second kappa shape index (κ2) is 1.20. The summed E-state index contributed by atoms with van der Waals surface area (Å²) in [5.41, 5.74) is 1.19. The van der Waals surface area contributed by atoms with E-state index in [9.17, 15) is 0 Å². The second-order valence-electron chi connectivity index (χ2n) is 4.00. The fourth-order valence-electron chi connectivity index (χ4n) is 2.40. The molecule has 2 aliphatic rings. The van der Waals surface area contributed by atoms with Gasteiger partial charge in [0.2, 0.25) is 0 Å². The topological polar surface area (TPSA) is 3.01 Å². The zero-order valence-corrected chi connectivity index (χ0v) is 6.57. The summed E-state index contributed by atoms with van der Waals surface area (Å²) in [6.45, 7) is 4.71. The SMILES string of the molecule is CN1C(C)(C)C12CCC2. The Kier molecular flexibility index (Phi) is 0.760. The van der Waals surface area contributed by atoms with E-state index in [-0.39, 0.29) is 0 Å². The van der Waals surface area contributed by atoms with Gasteiger partial charge in [0.1, 0.15) is 0 Å². The van der Waals surface area contributed by atoms with Crippen molar-refractivity contribution in [3.8, 4) is 0 Å². The third-order valence-electron chi connectivity index (χ3n) is 3.75. The predicted molar refractivity (Wildman–Crippen MR) is 38.4 cm³/mol. The van der Waals surface area contributed by atoms with Gasteiger partial charge < -0.3 is 0 Å². The van der Waals surface area contributed by atoms with Crippen molar-refractivity contribution in [2.75, 3.05) is 7.05 Å². The highest BCUT2D eigenvalue weighted by atomic mass is 15.4. The van der Waals surface area contributed by atoms with Gasteiger partial charge in [0.05, 0.1) is 0 Å². The van der Waals surface area contributed by atoms with Gasteiger partial charge >= 0.3 is 0 Å². The third-order valence-corrected chi connectivity index (χ3v) is 3.75. The molecule has 1 saturated carbocycles. The summed E-state index contributed by atoms with van der Waals surface area (Å²) >= 11 is 0. The Bertz CT molecular complexity index is 145. The van der Waals surface area contributed by atoms with Gasteiger partial charge in [-0.3, -0.25) is 4.90 Å². The van der Waals surface area contributed by atoms with Crippen LogP contribution in [0.1, 0.15) is 33.1 Å². The van der Waals surface area contributed by atoms with E-state index in [0.717, 1.165) is 0 Å². The maximum Gasteiger partial charge on any atom is 0.0391 e. The summed E-state index contributed by atoms with van der Waals surface area (Å²) < 4.78 is 0. The molecule has 1 atom stereocenters. The van der Waals surface area contributed by atoms with Gasteiger partial charge in [-0.2, -0.15) is 0 Å². The Balaban J connectivity index is 2.19. The van der Waals surface area contributed by atoms with E-state index in [0.29, 0.717) is 11.1 Å². The minimum Gasteiger partial charge on any atom is -0.292 e. The Morgan fingerprint density at radius 3 is 1.67 bits per heavy atom. The first kappa shape index (κ1) is 5.72. The first-order valence-electron chi connectivity index (χ1n) is 3.85. The zero-order valence-electron chi connectivity index (χ0n) is 6.57. The molecule has 0 aromatic heterocycles. The van der Waals surface area contributed by atoms with E-state index in [4.69, 9.17) is 0 Å². The lowest BCUT2D eigenvalue weighted by Gasteiger charge is -2.27. The van der Waals surface area contributed by atoms with Crippen molar-refractivity contribution in [2.45, 2.75) is 44.2 Å². The van der Waals surface area contributed by atoms with E-state index in [1.807, 2.05) is 0 Å². The van der Waals surface area contributed by atoms with Crippen LogP contribution in [0.5, 0.6) is 0 Å². The summed E-state index contributed by atoms with van der Waals surface area (Å²) in [5, 5.41) is 0. The molecule has 9 heavy (non-hydrogen) atoms. The van der Waals surface area contributed by atoms with Gasteiger partial charge in [-0.05, 0) is 40.2 Å². The molecule has 1 saturated heterocycles. The van der Waals surface area contributed by atoms with Crippen molar-refractivity contribution in [3.63, 3.8) is 0 Å². The Morgan fingerprint density at radius 1 is 1.22 bits per heavy atom. The summed E-state index contributed by atoms with van der Waals surface area (Å²) in [5.74, 6) is 0. The van der Waals surface area contributed by atoms with Crippen LogP contribution < -0.4 is 0 Å². The van der Waals surface area contributed by atoms with Gasteiger partial charge in [0, 0.05) is 11.1 Å². The molecule has 1 aliphatic heterocycles. The smallest absolute Gasteiger partial charge is 0.0391 e. The Morgan fingerprint density at radius 2 is 1.67 bits per heavy atom. The molecule has 0 aromatic carbocycles. The molecule has 2 fully saturated rings. The van der Waals surface area contributed by atoms with Gasteiger partial charge in [0.25, 0.3) is 0 Å². The standard InChI is InChI=1S/C8H15N/c1-7(2)8(9(7)3)5-4-6-8/h4-6H2,1-3H3. The fourth-order valence-corrected chi connectivity index (χ4v) is 2.40. The molecule has 1 spiro atoms. The van der Waals surface area contributed by atoms with Crippen LogP contribution in [-0.2, 0) is 0 Å². The highest BCUT2D eigenvalue weighted by Gasteiger charge is 2.69. The molecule has 1 heteroatoms. The average molecular weight is 125 g/mol. The molecule has 1 heterocycles. The van der Waals surface area contributed by atoms with Crippen molar-refractivity contribution >= 4 is 0 Å². The minimum atomic E-state index is 0.533. The molecule has 0 amide bonds. The predicted octanol–water partition coefficient (Wildman–Crippen LogP) is 1.63. The van der Waals surface area contributed by atoms with Crippen LogP contribution in [0, 0.1) is 0 Å². The molecular formula is C8H15N. The van der Waals surface area contributed by atoms with Crippen LogP contribution in [-0.4, -0.2) is 23.0 Å². The lowest BCUT2D eigenvalue weighted by molar-refractivity contribution is 0.296. The van der Waals surface area contributed by atoms with Gasteiger partial charge in [0.15, 0.2) is 0 Å². The van der Waals surface area contributed by atoms with E-state index < -0.39 is 0 Å². The lowest BCUT2D eigenvalue weighted by Crippen LogP contribution is -2.29. The van der Waals surface area contributed by atoms with Crippen molar-refractivity contribution in [2.24, 2.45) is 0 Å². The van der Waals surface area contributed by atoms with E-state index in [1.54, 1.807) is 0 Å². The molecule has 1 unspecified atom stereocenters. The summed E-state index contributed by atoms with van der Waals surface area (Å²) in [4.78, 5) is 2.52. The van der Waals surface area contributed by atoms with Gasteiger partial charge in [-0.1, -0.05) is 0 Å². The monoisotopic (exact) mass is 125 g/mol. The zero-order chi connectivity index (χ0) is 6.70.